The lowest BCUT2D eigenvalue weighted by atomic mass is 9.96. The van der Waals surface area contributed by atoms with E-state index in [1.807, 2.05) is 12.1 Å². The van der Waals surface area contributed by atoms with Crippen LogP contribution in [0.3, 0.4) is 0 Å². The van der Waals surface area contributed by atoms with Gasteiger partial charge in [-0.05, 0) is 43.5 Å². The number of anilines is 2. The molecule has 0 saturated heterocycles. The Labute approximate surface area is 146 Å². The van der Waals surface area contributed by atoms with Crippen molar-refractivity contribution in [3.8, 4) is 0 Å². The molecule has 3 rings (SSSR count). The fourth-order valence-electron chi connectivity index (χ4n) is 3.19. The van der Waals surface area contributed by atoms with Crippen molar-refractivity contribution >= 4 is 23.0 Å². The summed E-state index contributed by atoms with van der Waals surface area (Å²) in [5.41, 5.74) is 3.05. The number of benzene rings is 2. The third kappa shape index (κ3) is 3.47. The van der Waals surface area contributed by atoms with Crippen LogP contribution in [0.1, 0.15) is 18.9 Å². The van der Waals surface area contributed by atoms with Crippen LogP contribution in [0.25, 0.3) is 0 Å². The lowest BCUT2D eigenvalue weighted by Gasteiger charge is -2.37. The van der Waals surface area contributed by atoms with Crippen molar-refractivity contribution in [2.24, 2.45) is 0 Å². The fourth-order valence-corrected chi connectivity index (χ4v) is 3.19. The van der Waals surface area contributed by atoms with Gasteiger partial charge >= 0.3 is 0 Å². The number of amides is 1. The van der Waals surface area contributed by atoms with Gasteiger partial charge in [0, 0.05) is 36.6 Å². The van der Waals surface area contributed by atoms with E-state index in [0.717, 1.165) is 18.5 Å². The van der Waals surface area contributed by atoms with Crippen molar-refractivity contribution in [2.45, 2.75) is 25.8 Å². The third-order valence-corrected chi connectivity index (χ3v) is 4.79. The lowest BCUT2D eigenvalue weighted by Crippen LogP contribution is -2.45. The van der Waals surface area contributed by atoms with Crippen LogP contribution >= 0.6 is 0 Å². The Hall–Kier alpha value is -2.89. The van der Waals surface area contributed by atoms with Gasteiger partial charge in [0.2, 0.25) is 5.91 Å². The lowest BCUT2D eigenvalue weighted by molar-refractivity contribution is -0.384. The van der Waals surface area contributed by atoms with Crippen molar-refractivity contribution in [3.63, 3.8) is 0 Å². The highest BCUT2D eigenvalue weighted by atomic mass is 16.6. The second-order valence-electron chi connectivity index (χ2n) is 6.37. The van der Waals surface area contributed by atoms with E-state index in [4.69, 9.17) is 0 Å². The molecule has 1 amide bonds. The van der Waals surface area contributed by atoms with Gasteiger partial charge in [0.05, 0.1) is 11.5 Å². The first-order valence-electron chi connectivity index (χ1n) is 8.33. The number of para-hydroxylation sites is 1. The van der Waals surface area contributed by atoms with Crippen molar-refractivity contribution in [3.05, 3.63) is 64.2 Å². The molecule has 0 aromatic heterocycles. The molecule has 0 fully saturated rings. The number of fused-ring (bicyclic) bond motifs is 1. The van der Waals surface area contributed by atoms with Crippen LogP contribution in [0.4, 0.5) is 17.1 Å². The van der Waals surface area contributed by atoms with Crippen LogP contribution in [-0.2, 0) is 11.2 Å². The smallest absolute Gasteiger partial charge is 0.269 e. The van der Waals surface area contributed by atoms with E-state index in [1.54, 1.807) is 24.1 Å². The monoisotopic (exact) mass is 339 g/mol. The summed E-state index contributed by atoms with van der Waals surface area (Å²) >= 11 is 0. The summed E-state index contributed by atoms with van der Waals surface area (Å²) in [7, 11) is 1.70. The zero-order valence-electron chi connectivity index (χ0n) is 14.4. The highest BCUT2D eigenvalue weighted by molar-refractivity contribution is 5.96. The molecule has 2 aromatic rings. The minimum Gasteiger partial charge on any atom is -0.359 e. The summed E-state index contributed by atoms with van der Waals surface area (Å²) in [5.74, 6) is -0.0441. The van der Waals surface area contributed by atoms with E-state index in [1.165, 1.54) is 17.7 Å². The maximum Gasteiger partial charge on any atom is 0.269 e. The maximum atomic E-state index is 12.7. The molecule has 2 aromatic carbocycles. The minimum atomic E-state index is -0.446. The molecule has 6 heteroatoms. The first-order valence-corrected chi connectivity index (χ1v) is 8.33. The zero-order valence-corrected chi connectivity index (χ0v) is 14.4. The number of hydrogen-bond acceptors (Lipinski definition) is 4. The van der Waals surface area contributed by atoms with Gasteiger partial charge in [-0.3, -0.25) is 14.9 Å². The molecule has 0 aliphatic carbocycles. The van der Waals surface area contributed by atoms with Crippen molar-refractivity contribution in [1.29, 1.82) is 0 Å². The van der Waals surface area contributed by atoms with Crippen LogP contribution in [0.5, 0.6) is 0 Å². The summed E-state index contributed by atoms with van der Waals surface area (Å²) in [6.07, 6.45) is 2.05. The van der Waals surface area contributed by atoms with Crippen LogP contribution in [-0.4, -0.2) is 30.5 Å². The van der Waals surface area contributed by atoms with Gasteiger partial charge in [0.15, 0.2) is 0 Å². The van der Waals surface area contributed by atoms with E-state index < -0.39 is 4.92 Å². The number of nitro benzene ring substituents is 1. The Kier molecular flexibility index (Phi) is 4.70. The molecular formula is C19H21N3O3. The Balaban J connectivity index is 1.76. The number of carbonyl (C=O) groups is 1. The predicted octanol–water partition coefficient (Wildman–Crippen LogP) is 3.40. The van der Waals surface area contributed by atoms with Crippen molar-refractivity contribution in [2.75, 3.05) is 23.4 Å². The number of rotatable bonds is 4. The van der Waals surface area contributed by atoms with Crippen molar-refractivity contribution < 1.29 is 9.72 Å². The van der Waals surface area contributed by atoms with E-state index >= 15 is 0 Å². The molecule has 1 aliphatic heterocycles. The summed E-state index contributed by atoms with van der Waals surface area (Å²) in [6, 6.07) is 14.5. The number of nitro groups is 1. The van der Waals surface area contributed by atoms with Crippen LogP contribution in [0.15, 0.2) is 48.5 Å². The molecule has 1 unspecified atom stereocenters. The first-order chi connectivity index (χ1) is 12.0. The third-order valence-electron chi connectivity index (χ3n) is 4.79. The van der Waals surface area contributed by atoms with E-state index in [2.05, 4.69) is 24.0 Å². The Morgan fingerprint density at radius 2 is 1.92 bits per heavy atom. The zero-order chi connectivity index (χ0) is 18.0. The van der Waals surface area contributed by atoms with Crippen LogP contribution in [0, 0.1) is 10.1 Å². The maximum absolute atomic E-state index is 12.7. The summed E-state index contributed by atoms with van der Waals surface area (Å²) in [4.78, 5) is 26.7. The molecule has 0 spiro atoms. The summed E-state index contributed by atoms with van der Waals surface area (Å²) in [6.45, 7) is 2.42. The van der Waals surface area contributed by atoms with Crippen molar-refractivity contribution in [1.82, 2.24) is 0 Å². The highest BCUT2D eigenvalue weighted by Gasteiger charge is 2.26. The molecule has 25 heavy (non-hydrogen) atoms. The molecule has 0 saturated carbocycles. The van der Waals surface area contributed by atoms with E-state index in [9.17, 15) is 14.9 Å². The molecule has 1 atom stereocenters. The summed E-state index contributed by atoms with van der Waals surface area (Å²) in [5, 5.41) is 10.7. The van der Waals surface area contributed by atoms with Gasteiger partial charge in [-0.2, -0.15) is 0 Å². The quantitative estimate of drug-likeness (QED) is 0.632. The average Bonchev–Trinajstić information content (AvgIpc) is 2.63. The predicted molar refractivity (Wildman–Crippen MR) is 98.1 cm³/mol. The molecule has 6 nitrogen and oxygen atoms in total. The van der Waals surface area contributed by atoms with E-state index in [-0.39, 0.29) is 18.1 Å². The highest BCUT2D eigenvalue weighted by Crippen LogP contribution is 2.30. The molecule has 1 aliphatic rings. The number of nitrogens with zero attached hydrogens (tertiary/aromatic N) is 3. The molecule has 0 radical (unpaired) electrons. The van der Waals surface area contributed by atoms with Gasteiger partial charge in [0.1, 0.15) is 0 Å². The first kappa shape index (κ1) is 17.0. The van der Waals surface area contributed by atoms with Gasteiger partial charge in [-0.15, -0.1) is 0 Å². The molecule has 1 heterocycles. The van der Waals surface area contributed by atoms with Gasteiger partial charge in [-0.1, -0.05) is 18.2 Å². The Morgan fingerprint density at radius 3 is 2.60 bits per heavy atom. The molecular weight excluding hydrogens is 318 g/mol. The van der Waals surface area contributed by atoms with Gasteiger partial charge in [-0.25, -0.2) is 0 Å². The number of likely N-dealkylation sites (N-methyl/N-ethyl adjacent to an activating group) is 1. The second-order valence-corrected chi connectivity index (χ2v) is 6.37. The molecule has 0 N–H and O–H groups in total. The fraction of sp³-hybridized carbons (Fsp3) is 0.316. The number of non-ortho nitro benzene ring substituents is 1. The Bertz CT molecular complexity index is 789. The van der Waals surface area contributed by atoms with Crippen LogP contribution < -0.4 is 9.80 Å². The normalized spacial score (nSPS) is 16.2. The average molecular weight is 339 g/mol. The molecule has 0 bridgehead atoms. The van der Waals surface area contributed by atoms with Crippen LogP contribution in [0.2, 0.25) is 0 Å². The minimum absolute atomic E-state index is 0.0168. The molecule has 130 valence electrons. The standard InChI is InChI=1S/C19H21N3O3/c1-14-7-8-15-5-3-4-6-18(15)21(14)13-19(23)20(2)16-9-11-17(12-10-16)22(24)25/h3-6,9-12,14H,7-8,13H2,1-2H3. The summed E-state index contributed by atoms with van der Waals surface area (Å²) < 4.78 is 0. The number of aryl methyl sites for hydroxylation is 1. The largest absolute Gasteiger partial charge is 0.359 e. The number of hydrogen-bond donors (Lipinski definition) is 0. The van der Waals surface area contributed by atoms with Gasteiger partial charge < -0.3 is 9.80 Å². The Morgan fingerprint density at radius 1 is 1.24 bits per heavy atom. The SMILES string of the molecule is CC1CCc2ccccc2N1CC(=O)N(C)c1ccc([N+](=O)[O-])cc1. The topological polar surface area (TPSA) is 66.7 Å². The number of carbonyl (C=O) groups excluding carboxylic acids is 1. The van der Waals surface area contributed by atoms with E-state index in [0.29, 0.717) is 11.7 Å². The second kappa shape index (κ2) is 6.93. The van der Waals surface area contributed by atoms with Gasteiger partial charge in [0.25, 0.3) is 5.69 Å².